The van der Waals surface area contributed by atoms with Crippen LogP contribution in [-0.2, 0) is 24.0 Å². The largest absolute Gasteiger partial charge is 0.504 e. The van der Waals surface area contributed by atoms with Crippen molar-refractivity contribution in [3.63, 3.8) is 0 Å². The lowest BCUT2D eigenvalue weighted by Gasteiger charge is -2.55. The Balaban J connectivity index is 1.48. The molecular formula is C25H20N8O9S3. The third-order valence-electron chi connectivity index (χ3n) is 6.57. The first-order chi connectivity index (χ1) is 21.4. The number of carboxylic acid groups (broad SMARTS) is 2. The molecule has 1 aromatic carbocycles. The number of β-lactam (4-membered cyclic amide) rings is 1. The molecule has 0 radical (unpaired) electrons. The Labute approximate surface area is 265 Å². The van der Waals surface area contributed by atoms with E-state index in [-0.39, 0.29) is 44.9 Å². The summed E-state index contributed by atoms with van der Waals surface area (Å²) < 4.78 is 0. The number of carbonyl (C=O) groups excluding carboxylic acids is 2. The molecule has 2 aliphatic rings. The van der Waals surface area contributed by atoms with Crippen molar-refractivity contribution >= 4 is 86.7 Å². The van der Waals surface area contributed by atoms with Crippen LogP contribution in [0.3, 0.4) is 0 Å². The van der Waals surface area contributed by atoms with Crippen LogP contribution in [-0.4, -0.2) is 91.8 Å². The number of aromatic hydroxyl groups is 2. The second kappa shape index (κ2) is 12.0. The third-order valence-corrected chi connectivity index (χ3v) is 8.97. The van der Waals surface area contributed by atoms with Crippen LogP contribution in [0.4, 0.5) is 10.9 Å². The van der Waals surface area contributed by atoms with E-state index in [1.807, 2.05) is 0 Å². The van der Waals surface area contributed by atoms with Gasteiger partial charge in [0.25, 0.3) is 11.8 Å². The number of anilines is 2. The Morgan fingerprint density at radius 3 is 2.56 bits per heavy atom. The number of hydrogen-bond donors (Lipinski definition) is 7. The van der Waals surface area contributed by atoms with Gasteiger partial charge in [0.05, 0.1) is 5.69 Å². The molecule has 3 atom stereocenters. The van der Waals surface area contributed by atoms with Gasteiger partial charge in [-0.15, -0.1) is 23.1 Å². The number of phenolic OH excluding ortho intramolecular Hbond substituents is 2. The number of thioether (sulfide) groups is 1. The summed E-state index contributed by atoms with van der Waals surface area (Å²) in [5.41, 5.74) is 8.72. The molecule has 0 aliphatic carbocycles. The lowest BCUT2D eigenvalue weighted by Crippen LogP contribution is -2.80. The number of thiazole rings is 1. The maximum atomic E-state index is 13.7. The van der Waals surface area contributed by atoms with E-state index in [9.17, 15) is 39.6 Å². The van der Waals surface area contributed by atoms with Gasteiger partial charge in [-0.3, -0.25) is 14.5 Å². The highest BCUT2D eigenvalue weighted by Gasteiger charge is 2.65. The van der Waals surface area contributed by atoms with Crippen molar-refractivity contribution < 1.29 is 44.4 Å². The molecule has 2 aliphatic heterocycles. The fourth-order valence-corrected chi connectivity index (χ4v) is 6.85. The molecule has 5 rings (SSSR count). The van der Waals surface area contributed by atoms with Gasteiger partial charge in [-0.2, -0.15) is 0 Å². The molecule has 0 bridgehead atoms. The standard InChI is InChI=1S/C25H20N8O9S3/c26-15-4-11(28-8-29-15)10-5-44-23-25(7-43,22(41)33(23)17(10)20(37)38)31-19(36)16(12-6-45-24(27)30-12)32-42-18(21(39)40)9-1-2-13(34)14(35)3-9/h1-4,6-8,18,23,34-35H,5H2,(H2,27,30)(H,31,36)(H,37,38)(H,39,40)(H2,26,28,29)/b32-16-/t18?,23-,25?/m0/s1. The number of phenols is 2. The number of carboxylic acids is 2. The lowest BCUT2D eigenvalue weighted by molar-refractivity contribution is -0.153. The van der Waals surface area contributed by atoms with Crippen molar-refractivity contribution in [2.45, 2.75) is 17.0 Å². The normalized spacial score (nSPS) is 20.1. The summed E-state index contributed by atoms with van der Waals surface area (Å²) in [6.07, 6.45) is -0.706. The van der Waals surface area contributed by atoms with E-state index in [2.05, 4.69) is 25.4 Å². The van der Waals surface area contributed by atoms with E-state index >= 15 is 0 Å². The van der Waals surface area contributed by atoms with E-state index in [1.165, 1.54) is 11.4 Å². The fourth-order valence-electron chi connectivity index (χ4n) is 4.47. The van der Waals surface area contributed by atoms with Crippen LogP contribution >= 0.6 is 35.3 Å². The van der Waals surface area contributed by atoms with Gasteiger partial charge >= 0.3 is 11.9 Å². The zero-order valence-electron chi connectivity index (χ0n) is 22.3. The summed E-state index contributed by atoms with van der Waals surface area (Å²) in [6, 6.07) is 4.49. The predicted molar refractivity (Wildman–Crippen MR) is 163 cm³/mol. The van der Waals surface area contributed by atoms with Crippen molar-refractivity contribution in [3.8, 4) is 11.5 Å². The van der Waals surface area contributed by atoms with Gasteiger partial charge in [-0.25, -0.2) is 24.5 Å². The van der Waals surface area contributed by atoms with Crippen LogP contribution in [0.5, 0.6) is 11.5 Å². The number of thiocarbonyl (C=S) groups is 1. The number of nitrogen functional groups attached to an aromatic ring is 2. The van der Waals surface area contributed by atoms with Crippen LogP contribution in [0.25, 0.3) is 5.57 Å². The number of aliphatic carboxylic acids is 2. The highest BCUT2D eigenvalue weighted by Crippen LogP contribution is 2.47. The molecule has 2 amide bonds. The number of nitrogens with one attached hydrogen (secondary N) is 1. The smallest absolute Gasteiger partial charge is 0.353 e. The monoisotopic (exact) mass is 672 g/mol. The van der Waals surface area contributed by atoms with Crippen molar-refractivity contribution in [1.29, 1.82) is 0 Å². The van der Waals surface area contributed by atoms with Gasteiger partial charge in [0.15, 0.2) is 27.9 Å². The zero-order valence-corrected chi connectivity index (χ0v) is 24.8. The quantitative estimate of drug-likeness (QED) is 0.0502. The number of nitrogens with zero attached hydrogens (tertiary/aromatic N) is 5. The molecule has 9 N–H and O–H groups in total. The maximum absolute atomic E-state index is 13.7. The van der Waals surface area contributed by atoms with Crippen molar-refractivity contribution in [2.24, 2.45) is 5.16 Å². The highest BCUT2D eigenvalue weighted by molar-refractivity contribution is 8.00. The molecule has 0 saturated carbocycles. The molecule has 4 heterocycles. The molecule has 1 saturated heterocycles. The number of amides is 2. The van der Waals surface area contributed by atoms with Crippen LogP contribution in [0, 0.1) is 0 Å². The van der Waals surface area contributed by atoms with Gasteiger partial charge in [0, 0.05) is 33.7 Å². The average Bonchev–Trinajstić information content (AvgIpc) is 3.43. The summed E-state index contributed by atoms with van der Waals surface area (Å²) in [5.74, 6) is -5.96. The number of oxime groups is 1. The maximum Gasteiger partial charge on any atom is 0.353 e. The zero-order chi connectivity index (χ0) is 32.6. The number of rotatable bonds is 10. The lowest BCUT2D eigenvalue weighted by atomic mass is 9.87. The third kappa shape index (κ3) is 5.56. The molecule has 0 spiro atoms. The summed E-state index contributed by atoms with van der Waals surface area (Å²) in [4.78, 5) is 69.7. The molecule has 17 nitrogen and oxygen atoms in total. The van der Waals surface area contributed by atoms with Crippen molar-refractivity contribution in [1.82, 2.24) is 25.2 Å². The minimum Gasteiger partial charge on any atom is -0.504 e. The first kappa shape index (κ1) is 31.1. The van der Waals surface area contributed by atoms with Gasteiger partial charge in [-0.05, 0) is 12.1 Å². The first-order valence-corrected chi connectivity index (χ1v) is 14.8. The first-order valence-electron chi connectivity index (χ1n) is 12.4. The van der Waals surface area contributed by atoms with Crippen molar-refractivity contribution in [2.75, 3.05) is 17.2 Å². The second-order valence-corrected chi connectivity index (χ2v) is 11.5. The minimum atomic E-state index is -1.90. The SMILES string of the molecule is Nc1cc(C2=C(C(=O)O)N3C(=O)C(C=S)(NC(=O)/C(=N\OC(C(=O)O)c4ccc(O)c(O)c4)c4csc(N)n4)[C@@H]3SC2)ncn1. The highest BCUT2D eigenvalue weighted by atomic mass is 32.2. The molecule has 232 valence electrons. The van der Waals surface area contributed by atoms with Gasteiger partial charge < -0.3 is 42.0 Å². The van der Waals surface area contributed by atoms with Crippen LogP contribution in [0.2, 0.25) is 0 Å². The molecule has 2 aromatic heterocycles. The van der Waals surface area contributed by atoms with Crippen LogP contribution < -0.4 is 16.8 Å². The molecule has 20 heteroatoms. The number of fused-ring (bicyclic) bond motifs is 1. The molecule has 2 unspecified atom stereocenters. The summed E-state index contributed by atoms with van der Waals surface area (Å²) in [6.45, 7) is 0. The Hall–Kier alpha value is -5.34. The molecule has 1 fully saturated rings. The van der Waals surface area contributed by atoms with E-state index in [0.717, 1.165) is 57.9 Å². The molecule has 3 aromatic rings. The summed E-state index contributed by atoms with van der Waals surface area (Å²) in [7, 11) is 0. The van der Waals surface area contributed by atoms with Crippen molar-refractivity contribution in [3.05, 3.63) is 58.6 Å². The Morgan fingerprint density at radius 1 is 1.20 bits per heavy atom. The average molecular weight is 673 g/mol. The number of hydrogen-bond acceptors (Lipinski definition) is 16. The molecular weight excluding hydrogens is 653 g/mol. The topological polar surface area (TPSA) is 277 Å². The second-order valence-electron chi connectivity index (χ2n) is 9.32. The Morgan fingerprint density at radius 2 is 1.96 bits per heavy atom. The van der Waals surface area contributed by atoms with E-state index in [1.54, 1.807) is 0 Å². The number of nitrogens with two attached hydrogens (primary N) is 2. The van der Waals surface area contributed by atoms with Crippen LogP contribution in [0.15, 0.2) is 46.8 Å². The number of benzene rings is 1. The summed E-state index contributed by atoms with van der Waals surface area (Å²) in [5, 5.41) is 46.7. The van der Waals surface area contributed by atoms with E-state index < -0.39 is 58.0 Å². The predicted octanol–water partition coefficient (Wildman–Crippen LogP) is 0.321. The number of aromatic nitrogens is 3. The Bertz CT molecular complexity index is 1830. The van der Waals surface area contributed by atoms with E-state index in [0.29, 0.717) is 0 Å². The van der Waals surface area contributed by atoms with Gasteiger partial charge in [0.2, 0.25) is 6.10 Å². The van der Waals surface area contributed by atoms with E-state index in [4.69, 9.17) is 28.5 Å². The van der Waals surface area contributed by atoms with Gasteiger partial charge in [0.1, 0.15) is 28.9 Å². The number of carbonyl (C=O) groups is 4. The fraction of sp³-hybridized carbons (Fsp3) is 0.160. The minimum absolute atomic E-state index is 0.0242. The van der Waals surface area contributed by atoms with Crippen LogP contribution in [0.1, 0.15) is 23.1 Å². The van der Waals surface area contributed by atoms with Gasteiger partial charge in [-0.1, -0.05) is 23.4 Å². The molecule has 45 heavy (non-hydrogen) atoms. The Kier molecular flexibility index (Phi) is 8.28. The summed E-state index contributed by atoms with van der Waals surface area (Å²) >= 11 is 7.18.